The standard InChI is InChI=1S/C9H11N5/c1-3-13-9(11-2)14-8-4-5-12-6-7(8)10/h3-6H,1-2,10H2,(H,12,13,14). The van der Waals surface area contributed by atoms with Crippen molar-refractivity contribution < 1.29 is 0 Å². The molecule has 0 amide bonds. The van der Waals surface area contributed by atoms with Gasteiger partial charge in [-0.3, -0.25) is 4.98 Å². The highest BCUT2D eigenvalue weighted by Gasteiger charge is 1.99. The Morgan fingerprint density at radius 2 is 2.43 bits per heavy atom. The van der Waals surface area contributed by atoms with E-state index in [-0.39, 0.29) is 0 Å². The van der Waals surface area contributed by atoms with Gasteiger partial charge >= 0.3 is 0 Å². The lowest BCUT2D eigenvalue weighted by atomic mass is 10.3. The highest BCUT2D eigenvalue weighted by molar-refractivity contribution is 5.98. The summed E-state index contributed by atoms with van der Waals surface area (Å²) in [6.45, 7) is 6.81. The average Bonchev–Trinajstić information content (AvgIpc) is 2.20. The summed E-state index contributed by atoms with van der Waals surface area (Å²) < 4.78 is 0. The van der Waals surface area contributed by atoms with Crippen molar-refractivity contribution in [1.82, 2.24) is 4.98 Å². The molecule has 0 bridgehead atoms. The molecule has 5 nitrogen and oxygen atoms in total. The molecule has 0 saturated heterocycles. The summed E-state index contributed by atoms with van der Waals surface area (Å²) in [5, 5.41) is 2.88. The quantitative estimate of drug-likeness (QED) is 0.543. The summed E-state index contributed by atoms with van der Waals surface area (Å²) in [7, 11) is 0. The molecule has 1 aromatic rings. The van der Waals surface area contributed by atoms with E-state index >= 15 is 0 Å². The number of guanidine groups is 1. The Bertz CT molecular complexity index is 369. The number of pyridine rings is 1. The van der Waals surface area contributed by atoms with Crippen LogP contribution in [0.2, 0.25) is 0 Å². The third kappa shape index (κ3) is 2.41. The van der Waals surface area contributed by atoms with E-state index in [4.69, 9.17) is 5.73 Å². The van der Waals surface area contributed by atoms with Crippen LogP contribution >= 0.6 is 0 Å². The number of nitrogens with two attached hydrogens (primary N) is 1. The molecule has 0 aliphatic heterocycles. The van der Waals surface area contributed by atoms with Crippen LogP contribution in [-0.2, 0) is 0 Å². The van der Waals surface area contributed by atoms with Crippen LogP contribution in [0.25, 0.3) is 0 Å². The molecule has 0 aromatic carbocycles. The Morgan fingerprint density at radius 1 is 1.64 bits per heavy atom. The molecule has 3 N–H and O–H groups in total. The summed E-state index contributed by atoms with van der Waals surface area (Å²) in [6.07, 6.45) is 4.53. The van der Waals surface area contributed by atoms with Gasteiger partial charge in [0.25, 0.3) is 0 Å². The van der Waals surface area contributed by atoms with Crippen molar-refractivity contribution >= 4 is 24.1 Å². The predicted molar refractivity (Wildman–Crippen MR) is 59.5 cm³/mol. The van der Waals surface area contributed by atoms with Gasteiger partial charge in [-0.1, -0.05) is 6.58 Å². The van der Waals surface area contributed by atoms with Gasteiger partial charge < -0.3 is 11.1 Å². The first-order valence-corrected chi connectivity index (χ1v) is 3.90. The molecular weight excluding hydrogens is 178 g/mol. The monoisotopic (exact) mass is 189 g/mol. The molecule has 1 heterocycles. The minimum absolute atomic E-state index is 0.345. The van der Waals surface area contributed by atoms with Crippen molar-refractivity contribution in [3.05, 3.63) is 31.2 Å². The van der Waals surface area contributed by atoms with Gasteiger partial charge in [-0.05, 0) is 12.8 Å². The lowest BCUT2D eigenvalue weighted by Gasteiger charge is -2.06. The Morgan fingerprint density at radius 3 is 3.00 bits per heavy atom. The molecule has 14 heavy (non-hydrogen) atoms. The summed E-state index contributed by atoms with van der Waals surface area (Å²) in [4.78, 5) is 11.4. The molecule has 5 heteroatoms. The molecule has 0 atom stereocenters. The second kappa shape index (κ2) is 4.76. The van der Waals surface area contributed by atoms with E-state index in [2.05, 4.69) is 33.6 Å². The lowest BCUT2D eigenvalue weighted by molar-refractivity contribution is 1.33. The number of hydrogen-bond acceptors (Lipinski definition) is 3. The molecule has 72 valence electrons. The van der Waals surface area contributed by atoms with Gasteiger partial charge in [-0.15, -0.1) is 0 Å². The zero-order valence-electron chi connectivity index (χ0n) is 7.64. The first-order chi connectivity index (χ1) is 6.77. The van der Waals surface area contributed by atoms with Crippen molar-refractivity contribution in [1.29, 1.82) is 0 Å². The zero-order valence-corrected chi connectivity index (χ0v) is 7.64. The van der Waals surface area contributed by atoms with Crippen LogP contribution in [0, 0.1) is 0 Å². The molecular formula is C9H11N5. The Labute approximate surface area is 82.1 Å². The van der Waals surface area contributed by atoms with Gasteiger partial charge in [0.1, 0.15) is 0 Å². The second-order valence-electron chi connectivity index (χ2n) is 2.38. The molecule has 0 unspecified atom stereocenters. The Hall–Kier alpha value is -2.17. The number of nitrogens with zero attached hydrogens (tertiary/aromatic N) is 3. The van der Waals surface area contributed by atoms with E-state index in [1.807, 2.05) is 0 Å². The SMILES string of the molecule is C=CN=C(N=C)Nc1ccncc1N. The van der Waals surface area contributed by atoms with Crippen LogP contribution in [0.15, 0.2) is 41.2 Å². The number of hydrogen-bond donors (Lipinski definition) is 2. The molecule has 0 radical (unpaired) electrons. The fourth-order valence-electron chi connectivity index (χ4n) is 0.840. The van der Waals surface area contributed by atoms with Crippen LogP contribution in [-0.4, -0.2) is 17.7 Å². The van der Waals surface area contributed by atoms with Crippen molar-refractivity contribution in [2.75, 3.05) is 11.1 Å². The second-order valence-corrected chi connectivity index (χ2v) is 2.38. The zero-order chi connectivity index (χ0) is 10.4. The Balaban J connectivity index is 2.87. The van der Waals surface area contributed by atoms with Gasteiger partial charge in [0.2, 0.25) is 5.96 Å². The highest BCUT2D eigenvalue weighted by Crippen LogP contribution is 2.15. The van der Waals surface area contributed by atoms with Crippen LogP contribution in [0.3, 0.4) is 0 Å². The maximum Gasteiger partial charge on any atom is 0.226 e. The third-order valence-corrected chi connectivity index (χ3v) is 1.46. The number of nitrogens with one attached hydrogen (secondary N) is 1. The minimum Gasteiger partial charge on any atom is -0.396 e. The molecule has 0 aliphatic carbocycles. The van der Waals surface area contributed by atoms with E-state index in [1.54, 1.807) is 12.3 Å². The molecule has 0 fully saturated rings. The minimum atomic E-state index is 0.345. The maximum atomic E-state index is 5.65. The number of aliphatic imine (C=N–C) groups is 2. The summed E-state index contributed by atoms with van der Waals surface area (Å²) in [5.41, 5.74) is 6.86. The van der Waals surface area contributed by atoms with E-state index in [0.29, 0.717) is 17.3 Å². The van der Waals surface area contributed by atoms with Gasteiger partial charge in [0.15, 0.2) is 0 Å². The van der Waals surface area contributed by atoms with Gasteiger partial charge in [-0.2, -0.15) is 0 Å². The van der Waals surface area contributed by atoms with Gasteiger partial charge in [-0.25, -0.2) is 9.98 Å². The number of rotatable bonds is 2. The highest BCUT2D eigenvalue weighted by atomic mass is 15.1. The molecule has 1 aromatic heterocycles. The van der Waals surface area contributed by atoms with E-state index in [0.717, 1.165) is 0 Å². The Kier molecular flexibility index (Phi) is 3.37. The molecule has 0 aliphatic rings. The van der Waals surface area contributed by atoms with E-state index in [9.17, 15) is 0 Å². The first kappa shape index (κ1) is 9.91. The average molecular weight is 189 g/mol. The fourth-order valence-corrected chi connectivity index (χ4v) is 0.840. The normalized spacial score (nSPS) is 10.7. The maximum absolute atomic E-state index is 5.65. The van der Waals surface area contributed by atoms with E-state index in [1.165, 1.54) is 12.4 Å². The predicted octanol–water partition coefficient (Wildman–Crippen LogP) is 1.28. The van der Waals surface area contributed by atoms with Gasteiger partial charge in [0.05, 0.1) is 17.6 Å². The van der Waals surface area contributed by atoms with Crippen LogP contribution in [0.4, 0.5) is 11.4 Å². The van der Waals surface area contributed by atoms with Crippen LogP contribution in [0.1, 0.15) is 0 Å². The summed E-state index contributed by atoms with van der Waals surface area (Å²) >= 11 is 0. The van der Waals surface area contributed by atoms with Crippen molar-refractivity contribution in [2.24, 2.45) is 9.98 Å². The fraction of sp³-hybridized carbons (Fsp3) is 0. The number of anilines is 2. The third-order valence-electron chi connectivity index (χ3n) is 1.46. The number of aromatic nitrogens is 1. The molecule has 0 spiro atoms. The number of nitrogen functional groups attached to an aromatic ring is 1. The molecule has 1 rings (SSSR count). The van der Waals surface area contributed by atoms with E-state index < -0.39 is 0 Å². The first-order valence-electron chi connectivity index (χ1n) is 3.90. The van der Waals surface area contributed by atoms with Crippen LogP contribution in [0.5, 0.6) is 0 Å². The molecule has 0 saturated carbocycles. The topological polar surface area (TPSA) is 75.7 Å². The summed E-state index contributed by atoms with van der Waals surface area (Å²) in [6, 6.07) is 1.72. The van der Waals surface area contributed by atoms with Crippen molar-refractivity contribution in [3.63, 3.8) is 0 Å². The largest absolute Gasteiger partial charge is 0.396 e. The van der Waals surface area contributed by atoms with Crippen LogP contribution < -0.4 is 11.1 Å². The lowest BCUT2D eigenvalue weighted by Crippen LogP contribution is -2.09. The van der Waals surface area contributed by atoms with Gasteiger partial charge in [0, 0.05) is 12.4 Å². The van der Waals surface area contributed by atoms with Crippen molar-refractivity contribution in [3.8, 4) is 0 Å². The smallest absolute Gasteiger partial charge is 0.226 e. The van der Waals surface area contributed by atoms with Crippen molar-refractivity contribution in [2.45, 2.75) is 0 Å². The summed E-state index contributed by atoms with van der Waals surface area (Å²) in [5.74, 6) is 0.345.